The largest absolute Gasteiger partial charge is 0.377 e. The van der Waals surface area contributed by atoms with Gasteiger partial charge < -0.3 is 5.11 Å². The second-order valence-corrected chi connectivity index (χ2v) is 6.98. The average molecular weight is 302 g/mol. The van der Waals surface area contributed by atoms with E-state index in [1.54, 1.807) is 0 Å². The highest BCUT2D eigenvalue weighted by Crippen LogP contribution is 2.63. The van der Waals surface area contributed by atoms with Crippen molar-refractivity contribution < 1.29 is 9.90 Å². The van der Waals surface area contributed by atoms with Crippen LogP contribution >= 0.6 is 0 Å². The molecule has 1 N–H and O–H groups in total. The van der Waals surface area contributed by atoms with Crippen LogP contribution in [-0.2, 0) is 10.4 Å². The topological polar surface area (TPSA) is 37.3 Å². The number of hydrogen-bond acceptors (Lipinski definition) is 2. The Kier molecular flexibility index (Phi) is 2.55. The van der Waals surface area contributed by atoms with Crippen LogP contribution in [0, 0.1) is 11.8 Å². The van der Waals surface area contributed by atoms with Crippen LogP contribution in [0.3, 0.4) is 0 Å². The Balaban J connectivity index is 1.69. The van der Waals surface area contributed by atoms with Gasteiger partial charge in [0.2, 0.25) is 0 Å². The van der Waals surface area contributed by atoms with E-state index in [9.17, 15) is 9.90 Å². The zero-order valence-electron chi connectivity index (χ0n) is 12.8. The molecule has 4 atom stereocenters. The van der Waals surface area contributed by atoms with Crippen molar-refractivity contribution in [3.8, 4) is 0 Å². The van der Waals surface area contributed by atoms with Gasteiger partial charge in [-0.25, -0.2) is 0 Å². The minimum atomic E-state index is -1.28. The molecular weight excluding hydrogens is 284 g/mol. The van der Waals surface area contributed by atoms with Gasteiger partial charge in [0.25, 0.3) is 0 Å². The van der Waals surface area contributed by atoms with Gasteiger partial charge in [0.15, 0.2) is 11.4 Å². The maximum Gasteiger partial charge on any atom is 0.169 e. The molecule has 0 spiro atoms. The third-order valence-electron chi connectivity index (χ3n) is 6.05. The fourth-order valence-electron chi connectivity index (χ4n) is 5.17. The van der Waals surface area contributed by atoms with Gasteiger partial charge in [0.1, 0.15) is 0 Å². The number of rotatable bonds is 1. The van der Waals surface area contributed by atoms with Gasteiger partial charge in [-0.3, -0.25) is 4.79 Å². The molecule has 0 aliphatic heterocycles. The molecule has 0 heterocycles. The molecule has 114 valence electrons. The highest BCUT2D eigenvalue weighted by Gasteiger charge is 2.64. The molecular formula is C21H18O2. The fraction of sp³-hybridized carbons (Fsp3) is 0.286. The van der Waals surface area contributed by atoms with Gasteiger partial charge in [-0.05, 0) is 40.5 Å². The van der Waals surface area contributed by atoms with E-state index in [1.165, 1.54) is 16.7 Å². The summed E-state index contributed by atoms with van der Waals surface area (Å²) in [5.74, 6) is 0.375. The molecule has 3 aliphatic carbocycles. The Labute approximate surface area is 135 Å². The molecule has 1 fully saturated rings. The standard InChI is InChI=1S/C21H18O2/c22-19-12-17-14(13-6-2-1-3-7-13)10-11-16-15-8-4-5-9-18(15)21(19,23)20(16)17/h1-10,16-17,20,23H,11-12H2/t16-,17-,20+,21+/m0/s1. The molecule has 2 aromatic rings. The van der Waals surface area contributed by atoms with Crippen LogP contribution in [-0.4, -0.2) is 10.9 Å². The highest BCUT2D eigenvalue weighted by atomic mass is 16.3. The number of allylic oxidation sites excluding steroid dienone is 2. The monoisotopic (exact) mass is 302 g/mol. The molecule has 2 aromatic carbocycles. The molecule has 0 saturated heterocycles. The first kappa shape index (κ1) is 13.3. The third-order valence-corrected chi connectivity index (χ3v) is 6.05. The number of Topliss-reactive ketones (excluding diaryl/α,β-unsaturated/α-hetero) is 1. The van der Waals surface area contributed by atoms with Crippen LogP contribution in [0.2, 0.25) is 0 Å². The normalized spacial score (nSPS) is 34.0. The third kappa shape index (κ3) is 1.54. The number of benzene rings is 2. The van der Waals surface area contributed by atoms with Crippen LogP contribution in [0.25, 0.3) is 5.57 Å². The number of carbonyl (C=O) groups excluding carboxylic acids is 1. The molecule has 0 bridgehead atoms. The second-order valence-electron chi connectivity index (χ2n) is 6.98. The highest BCUT2D eigenvalue weighted by molar-refractivity contribution is 5.96. The maximum atomic E-state index is 12.8. The first-order valence-electron chi connectivity index (χ1n) is 8.32. The Morgan fingerprint density at radius 1 is 0.957 bits per heavy atom. The van der Waals surface area contributed by atoms with Gasteiger partial charge >= 0.3 is 0 Å². The van der Waals surface area contributed by atoms with E-state index in [-0.39, 0.29) is 23.5 Å². The molecule has 23 heavy (non-hydrogen) atoms. The van der Waals surface area contributed by atoms with Gasteiger partial charge in [-0.1, -0.05) is 60.7 Å². The van der Waals surface area contributed by atoms with Crippen LogP contribution in [0.1, 0.15) is 35.4 Å². The number of carbonyl (C=O) groups is 1. The SMILES string of the molecule is O=C1C[C@H]2C(c3ccccc3)=CC[C@H]3c4ccccc4[C@]1(O)[C@@H]23. The van der Waals surface area contributed by atoms with E-state index in [0.717, 1.165) is 12.0 Å². The average Bonchev–Trinajstić information content (AvgIpc) is 3.02. The summed E-state index contributed by atoms with van der Waals surface area (Å²) >= 11 is 0. The molecule has 0 amide bonds. The smallest absolute Gasteiger partial charge is 0.169 e. The van der Waals surface area contributed by atoms with Crippen LogP contribution in [0.4, 0.5) is 0 Å². The number of aliphatic hydroxyl groups is 1. The fourth-order valence-corrected chi connectivity index (χ4v) is 5.17. The van der Waals surface area contributed by atoms with Crippen molar-refractivity contribution >= 4 is 11.4 Å². The van der Waals surface area contributed by atoms with Crippen molar-refractivity contribution in [2.45, 2.75) is 24.4 Å². The van der Waals surface area contributed by atoms with E-state index in [1.807, 2.05) is 36.4 Å². The molecule has 0 unspecified atom stereocenters. The van der Waals surface area contributed by atoms with Crippen molar-refractivity contribution in [2.75, 3.05) is 0 Å². The molecule has 1 saturated carbocycles. The summed E-state index contributed by atoms with van der Waals surface area (Å²) in [6, 6.07) is 18.3. The summed E-state index contributed by atoms with van der Waals surface area (Å²) < 4.78 is 0. The molecule has 0 aromatic heterocycles. The molecule has 5 rings (SSSR count). The summed E-state index contributed by atoms with van der Waals surface area (Å²) in [6.07, 6.45) is 3.65. The Morgan fingerprint density at radius 3 is 2.52 bits per heavy atom. The Morgan fingerprint density at radius 2 is 1.70 bits per heavy atom. The van der Waals surface area contributed by atoms with Gasteiger partial charge in [0, 0.05) is 12.3 Å². The van der Waals surface area contributed by atoms with Crippen LogP contribution < -0.4 is 0 Å². The molecule has 2 nitrogen and oxygen atoms in total. The van der Waals surface area contributed by atoms with Crippen molar-refractivity contribution in [1.29, 1.82) is 0 Å². The number of ketones is 1. The number of fused-ring (bicyclic) bond motifs is 3. The first-order chi connectivity index (χ1) is 11.2. The second kappa shape index (κ2) is 4.42. The van der Waals surface area contributed by atoms with E-state index in [4.69, 9.17) is 0 Å². The predicted molar refractivity (Wildman–Crippen MR) is 88.7 cm³/mol. The van der Waals surface area contributed by atoms with Gasteiger partial charge in [-0.2, -0.15) is 0 Å². The van der Waals surface area contributed by atoms with E-state index >= 15 is 0 Å². The first-order valence-corrected chi connectivity index (χ1v) is 8.32. The summed E-state index contributed by atoms with van der Waals surface area (Å²) in [7, 11) is 0. The van der Waals surface area contributed by atoms with E-state index in [0.29, 0.717) is 6.42 Å². The summed E-state index contributed by atoms with van der Waals surface area (Å²) in [5, 5.41) is 11.3. The zero-order chi connectivity index (χ0) is 15.6. The summed E-state index contributed by atoms with van der Waals surface area (Å²) in [5.41, 5.74) is 3.17. The van der Waals surface area contributed by atoms with Gasteiger partial charge in [-0.15, -0.1) is 0 Å². The lowest BCUT2D eigenvalue weighted by molar-refractivity contribution is -0.137. The molecule has 0 radical (unpaired) electrons. The maximum absolute atomic E-state index is 12.8. The minimum Gasteiger partial charge on any atom is -0.377 e. The molecule has 2 heteroatoms. The molecule has 3 aliphatic rings. The van der Waals surface area contributed by atoms with Crippen molar-refractivity contribution in [2.24, 2.45) is 11.8 Å². The quantitative estimate of drug-likeness (QED) is 0.873. The van der Waals surface area contributed by atoms with Crippen molar-refractivity contribution in [3.63, 3.8) is 0 Å². The zero-order valence-corrected chi connectivity index (χ0v) is 12.8. The number of hydrogen-bond donors (Lipinski definition) is 1. The lowest BCUT2D eigenvalue weighted by atomic mass is 9.70. The van der Waals surface area contributed by atoms with E-state index < -0.39 is 5.60 Å². The van der Waals surface area contributed by atoms with Crippen molar-refractivity contribution in [1.82, 2.24) is 0 Å². The Bertz CT molecular complexity index is 836. The van der Waals surface area contributed by atoms with E-state index in [2.05, 4.69) is 24.3 Å². The van der Waals surface area contributed by atoms with Crippen LogP contribution in [0.5, 0.6) is 0 Å². The Hall–Kier alpha value is -2.19. The van der Waals surface area contributed by atoms with Crippen molar-refractivity contribution in [3.05, 3.63) is 77.4 Å². The lowest BCUT2D eigenvalue weighted by Crippen LogP contribution is -2.36. The van der Waals surface area contributed by atoms with Crippen LogP contribution in [0.15, 0.2) is 60.7 Å². The predicted octanol–water partition coefficient (Wildman–Crippen LogP) is 3.66. The van der Waals surface area contributed by atoms with Gasteiger partial charge in [0.05, 0.1) is 0 Å². The summed E-state index contributed by atoms with van der Waals surface area (Å²) in [6.45, 7) is 0. The summed E-state index contributed by atoms with van der Waals surface area (Å²) in [4.78, 5) is 12.8. The lowest BCUT2D eigenvalue weighted by Gasteiger charge is -2.34. The minimum absolute atomic E-state index is 0.00685.